The lowest BCUT2D eigenvalue weighted by atomic mass is 9.33. The number of carboxylic acids is 2. The first kappa shape index (κ1) is 7.52. The van der Waals surface area contributed by atoms with E-state index in [2.05, 4.69) is 0 Å². The second-order valence-electron chi connectivity index (χ2n) is 3.64. The average molecular weight is 174 g/mol. The van der Waals surface area contributed by atoms with Crippen molar-refractivity contribution in [2.24, 2.45) is 10.8 Å². The molecule has 2 N–H and O–H groups in total. The molecule has 0 spiro atoms. The second-order valence-corrected chi connectivity index (χ2v) is 3.64. The minimum absolute atomic E-state index is 0.0498. The fraction of sp³-hybridized carbons (Fsp3) is 0.714. The Morgan fingerprint density at radius 2 is 1.50 bits per heavy atom. The van der Waals surface area contributed by atoms with Gasteiger partial charge in [-0.1, -0.05) is 0 Å². The lowest BCUT2D eigenvalue weighted by molar-refractivity contribution is -0.273. The number of alkyl halides is 1. The fourth-order valence-corrected chi connectivity index (χ4v) is 2.22. The van der Waals surface area contributed by atoms with Crippen molar-refractivity contribution in [3.63, 3.8) is 0 Å². The highest BCUT2D eigenvalue weighted by molar-refractivity contribution is 5.91. The first-order chi connectivity index (χ1) is 5.46. The highest BCUT2D eigenvalue weighted by Gasteiger charge is 2.84. The molecule has 2 bridgehead atoms. The Labute approximate surface area is 67.0 Å². The summed E-state index contributed by atoms with van der Waals surface area (Å²) in [7, 11) is 0. The van der Waals surface area contributed by atoms with E-state index < -0.39 is 28.9 Å². The number of carboxylic acid groups (broad SMARTS) is 2. The predicted molar refractivity (Wildman–Crippen MR) is 34.3 cm³/mol. The number of hydrogen-bond acceptors (Lipinski definition) is 2. The summed E-state index contributed by atoms with van der Waals surface area (Å²) in [5, 5.41) is 17.1. The average Bonchev–Trinajstić information content (AvgIpc) is 1.82. The molecule has 0 amide bonds. The number of hydrogen-bond donors (Lipinski definition) is 2. The zero-order valence-electron chi connectivity index (χ0n) is 6.08. The molecule has 66 valence electrons. The molecule has 12 heavy (non-hydrogen) atoms. The van der Waals surface area contributed by atoms with Gasteiger partial charge < -0.3 is 10.2 Å². The number of carbonyl (C=O) groups is 2. The van der Waals surface area contributed by atoms with Crippen molar-refractivity contribution in [2.75, 3.05) is 0 Å². The van der Waals surface area contributed by atoms with Crippen LogP contribution in [0.1, 0.15) is 12.8 Å². The molecule has 0 aliphatic heterocycles. The van der Waals surface area contributed by atoms with Gasteiger partial charge in [0.25, 0.3) is 0 Å². The second kappa shape index (κ2) is 1.62. The maximum absolute atomic E-state index is 13.0. The van der Waals surface area contributed by atoms with E-state index in [1.165, 1.54) is 0 Å². The summed E-state index contributed by atoms with van der Waals surface area (Å²) >= 11 is 0. The SMILES string of the molecule is O=C(O)C12CC(C(=O)O)(C1)C2F. The van der Waals surface area contributed by atoms with Gasteiger partial charge in [-0.15, -0.1) is 0 Å². The van der Waals surface area contributed by atoms with Crippen LogP contribution in [0.2, 0.25) is 0 Å². The molecule has 0 unspecified atom stereocenters. The van der Waals surface area contributed by atoms with Crippen LogP contribution in [-0.4, -0.2) is 28.3 Å². The predicted octanol–water partition coefficient (Wildman–Crippen LogP) is 0.274. The van der Waals surface area contributed by atoms with Gasteiger partial charge in [0, 0.05) is 0 Å². The molecule has 3 rings (SSSR count). The molecule has 3 aliphatic rings. The third-order valence-corrected chi connectivity index (χ3v) is 3.08. The van der Waals surface area contributed by atoms with Crippen LogP contribution in [0.4, 0.5) is 4.39 Å². The van der Waals surface area contributed by atoms with Crippen LogP contribution in [-0.2, 0) is 9.59 Å². The van der Waals surface area contributed by atoms with Crippen LogP contribution >= 0.6 is 0 Å². The summed E-state index contributed by atoms with van der Waals surface area (Å²) in [4.78, 5) is 21.0. The molecular weight excluding hydrogens is 167 g/mol. The first-order valence-corrected chi connectivity index (χ1v) is 3.57. The van der Waals surface area contributed by atoms with E-state index in [9.17, 15) is 14.0 Å². The van der Waals surface area contributed by atoms with Gasteiger partial charge in [0.1, 0.15) is 17.0 Å². The Balaban J connectivity index is 2.21. The summed E-state index contributed by atoms with van der Waals surface area (Å²) in [5.41, 5.74) is -2.73. The van der Waals surface area contributed by atoms with Crippen LogP contribution in [0, 0.1) is 10.8 Å². The molecule has 0 saturated heterocycles. The van der Waals surface area contributed by atoms with E-state index in [0.717, 1.165) is 0 Å². The van der Waals surface area contributed by atoms with Gasteiger partial charge in [0.15, 0.2) is 0 Å². The van der Waals surface area contributed by atoms with Crippen LogP contribution in [0.15, 0.2) is 0 Å². The largest absolute Gasteiger partial charge is 0.481 e. The molecule has 0 atom stereocenters. The Morgan fingerprint density at radius 3 is 1.67 bits per heavy atom. The van der Waals surface area contributed by atoms with Gasteiger partial charge in [-0.05, 0) is 12.8 Å². The standard InChI is InChI=1S/C7H7FO4/c8-3-6(4(9)10)1-7(3,2-6)5(11)12/h3H,1-2H2,(H,9,10)(H,11,12). The number of halogens is 1. The van der Waals surface area contributed by atoms with E-state index in [1.54, 1.807) is 0 Å². The molecule has 0 radical (unpaired) electrons. The third-order valence-electron chi connectivity index (χ3n) is 3.08. The van der Waals surface area contributed by atoms with E-state index in [4.69, 9.17) is 10.2 Å². The Morgan fingerprint density at radius 1 is 1.17 bits per heavy atom. The lowest BCUT2D eigenvalue weighted by Gasteiger charge is -2.67. The van der Waals surface area contributed by atoms with Crippen molar-refractivity contribution in [1.29, 1.82) is 0 Å². The Hall–Kier alpha value is -1.13. The molecule has 3 saturated carbocycles. The number of rotatable bonds is 2. The smallest absolute Gasteiger partial charge is 0.312 e. The van der Waals surface area contributed by atoms with Crippen LogP contribution in [0.3, 0.4) is 0 Å². The highest BCUT2D eigenvalue weighted by Crippen LogP contribution is 2.74. The van der Waals surface area contributed by atoms with Crippen molar-refractivity contribution in [1.82, 2.24) is 0 Å². The van der Waals surface area contributed by atoms with Crippen molar-refractivity contribution >= 4 is 11.9 Å². The fourth-order valence-electron chi connectivity index (χ4n) is 2.22. The van der Waals surface area contributed by atoms with E-state index >= 15 is 0 Å². The van der Waals surface area contributed by atoms with Gasteiger partial charge in [-0.25, -0.2) is 4.39 Å². The Kier molecular flexibility index (Phi) is 1.02. The van der Waals surface area contributed by atoms with Crippen molar-refractivity contribution in [2.45, 2.75) is 19.0 Å². The van der Waals surface area contributed by atoms with Crippen molar-refractivity contribution < 1.29 is 24.2 Å². The summed E-state index contributed by atoms with van der Waals surface area (Å²) in [6.07, 6.45) is -1.79. The quantitative estimate of drug-likeness (QED) is 0.630. The van der Waals surface area contributed by atoms with Gasteiger partial charge in [0.05, 0.1) is 0 Å². The molecular formula is C7H7FO4. The lowest BCUT2D eigenvalue weighted by Crippen LogP contribution is -2.78. The molecule has 3 fully saturated rings. The topological polar surface area (TPSA) is 74.6 Å². The van der Waals surface area contributed by atoms with E-state index in [-0.39, 0.29) is 12.8 Å². The zero-order valence-corrected chi connectivity index (χ0v) is 6.08. The summed E-state index contributed by atoms with van der Waals surface area (Å²) in [6, 6.07) is 0. The normalized spacial score (nSPS) is 48.9. The third kappa shape index (κ3) is 0.452. The first-order valence-electron chi connectivity index (χ1n) is 3.57. The monoisotopic (exact) mass is 174 g/mol. The van der Waals surface area contributed by atoms with Gasteiger partial charge in [-0.2, -0.15) is 0 Å². The summed E-state index contributed by atoms with van der Waals surface area (Å²) in [6.45, 7) is 0. The maximum atomic E-state index is 13.0. The van der Waals surface area contributed by atoms with Gasteiger partial charge in [0.2, 0.25) is 0 Å². The highest BCUT2D eigenvalue weighted by atomic mass is 19.1. The minimum Gasteiger partial charge on any atom is -0.481 e. The minimum atomic E-state index is -1.69. The molecule has 5 heteroatoms. The van der Waals surface area contributed by atoms with Crippen molar-refractivity contribution in [3.05, 3.63) is 0 Å². The zero-order chi connectivity index (χ0) is 9.15. The molecule has 0 aromatic heterocycles. The van der Waals surface area contributed by atoms with Crippen LogP contribution < -0.4 is 0 Å². The number of aliphatic carboxylic acids is 2. The van der Waals surface area contributed by atoms with E-state index in [0.29, 0.717) is 0 Å². The van der Waals surface area contributed by atoms with Gasteiger partial charge >= 0.3 is 11.9 Å². The van der Waals surface area contributed by atoms with Crippen LogP contribution in [0.5, 0.6) is 0 Å². The summed E-state index contributed by atoms with van der Waals surface area (Å²) < 4.78 is 13.0. The summed E-state index contributed by atoms with van der Waals surface area (Å²) in [5.74, 6) is -2.42. The molecule has 4 nitrogen and oxygen atoms in total. The molecule has 0 aromatic rings. The molecule has 3 aliphatic carbocycles. The maximum Gasteiger partial charge on any atom is 0.312 e. The molecule has 0 heterocycles. The van der Waals surface area contributed by atoms with Gasteiger partial charge in [-0.3, -0.25) is 9.59 Å². The Bertz CT molecular complexity index is 253. The van der Waals surface area contributed by atoms with E-state index in [1.807, 2.05) is 0 Å². The van der Waals surface area contributed by atoms with Crippen molar-refractivity contribution in [3.8, 4) is 0 Å². The van der Waals surface area contributed by atoms with Crippen LogP contribution in [0.25, 0.3) is 0 Å². The molecule has 0 aromatic carbocycles.